The van der Waals surface area contributed by atoms with Gasteiger partial charge in [0, 0.05) is 30.3 Å². The van der Waals surface area contributed by atoms with Crippen molar-refractivity contribution in [2.24, 2.45) is 0 Å². The molecule has 2 heterocycles. The van der Waals surface area contributed by atoms with Gasteiger partial charge in [0.15, 0.2) is 0 Å². The number of nitrogens with one attached hydrogen (secondary N) is 2. The van der Waals surface area contributed by atoms with E-state index in [9.17, 15) is 9.59 Å². The molecule has 1 aliphatic heterocycles. The number of anilines is 1. The van der Waals surface area contributed by atoms with Crippen LogP contribution in [0.1, 0.15) is 6.42 Å². The number of carbonyl (C=O) groups is 2. The van der Waals surface area contributed by atoms with Crippen molar-refractivity contribution in [3.8, 4) is 0 Å². The van der Waals surface area contributed by atoms with Crippen LogP contribution in [0.2, 0.25) is 0 Å². The average Bonchev–Trinajstić information content (AvgIpc) is 2.69. The summed E-state index contributed by atoms with van der Waals surface area (Å²) in [4.78, 5) is 29.4. The lowest BCUT2D eigenvalue weighted by atomic mass is 10.3. The molecule has 7 heteroatoms. The van der Waals surface area contributed by atoms with Gasteiger partial charge in [-0.25, -0.2) is 4.98 Å². The lowest BCUT2D eigenvalue weighted by molar-refractivity contribution is -0.143. The highest BCUT2D eigenvalue weighted by Gasteiger charge is 2.22. The Kier molecular flexibility index (Phi) is 4.86. The summed E-state index contributed by atoms with van der Waals surface area (Å²) in [5, 5.41) is 5.69. The first-order chi connectivity index (χ1) is 9.16. The van der Waals surface area contributed by atoms with E-state index in [2.05, 4.69) is 31.5 Å². The van der Waals surface area contributed by atoms with Gasteiger partial charge in [-0.2, -0.15) is 0 Å². The minimum Gasteiger partial charge on any atom is -0.333 e. The Labute approximate surface area is 119 Å². The maximum Gasteiger partial charge on any atom is 0.315 e. The zero-order valence-electron chi connectivity index (χ0n) is 10.4. The van der Waals surface area contributed by atoms with Crippen molar-refractivity contribution in [1.82, 2.24) is 15.2 Å². The summed E-state index contributed by atoms with van der Waals surface area (Å²) in [5.74, 6) is -0.778. The van der Waals surface area contributed by atoms with Gasteiger partial charge in [0.25, 0.3) is 0 Å². The molecule has 2 rings (SSSR count). The molecule has 0 radical (unpaired) electrons. The molecule has 0 atom stereocenters. The Hall–Kier alpha value is -1.47. The molecule has 0 saturated carbocycles. The number of amides is 2. The van der Waals surface area contributed by atoms with Crippen molar-refractivity contribution in [3.63, 3.8) is 0 Å². The second kappa shape index (κ2) is 6.63. The SMILES string of the molecule is O=C(Nc1ccc(Br)cn1)C(=O)N1CCCNCC1. The number of hydrogen-bond donors (Lipinski definition) is 2. The van der Waals surface area contributed by atoms with Crippen LogP contribution in [-0.2, 0) is 9.59 Å². The van der Waals surface area contributed by atoms with Gasteiger partial charge in [0.2, 0.25) is 0 Å². The van der Waals surface area contributed by atoms with Gasteiger partial charge in [-0.1, -0.05) is 0 Å². The van der Waals surface area contributed by atoms with Crippen LogP contribution in [0.15, 0.2) is 22.8 Å². The van der Waals surface area contributed by atoms with Crippen molar-refractivity contribution >= 4 is 33.6 Å². The Bertz CT molecular complexity index is 455. The third kappa shape index (κ3) is 4.00. The molecular weight excluding hydrogens is 312 g/mol. The molecular formula is C12H15BrN4O2. The molecule has 2 N–H and O–H groups in total. The quantitative estimate of drug-likeness (QED) is 0.741. The van der Waals surface area contributed by atoms with Crippen molar-refractivity contribution in [3.05, 3.63) is 22.8 Å². The summed E-state index contributed by atoms with van der Waals surface area (Å²) in [5.41, 5.74) is 0. The van der Waals surface area contributed by atoms with E-state index in [-0.39, 0.29) is 0 Å². The summed E-state index contributed by atoms with van der Waals surface area (Å²) in [6.07, 6.45) is 2.42. The van der Waals surface area contributed by atoms with E-state index in [0.717, 1.165) is 24.0 Å². The summed E-state index contributed by atoms with van der Waals surface area (Å²) >= 11 is 3.25. The van der Waals surface area contributed by atoms with E-state index in [4.69, 9.17) is 0 Å². The molecule has 102 valence electrons. The fourth-order valence-electron chi connectivity index (χ4n) is 1.81. The number of hydrogen-bond acceptors (Lipinski definition) is 4. The number of carbonyl (C=O) groups excluding carboxylic acids is 2. The molecule has 1 aliphatic rings. The molecule has 0 unspecified atom stereocenters. The van der Waals surface area contributed by atoms with Crippen molar-refractivity contribution in [2.45, 2.75) is 6.42 Å². The van der Waals surface area contributed by atoms with Crippen LogP contribution in [0, 0.1) is 0 Å². The first kappa shape index (κ1) is 14.0. The number of pyridine rings is 1. The van der Waals surface area contributed by atoms with Gasteiger partial charge in [-0.05, 0) is 41.0 Å². The zero-order valence-corrected chi connectivity index (χ0v) is 11.9. The molecule has 1 fully saturated rings. The lowest BCUT2D eigenvalue weighted by Crippen LogP contribution is -2.41. The van der Waals surface area contributed by atoms with Crippen molar-refractivity contribution < 1.29 is 9.59 Å². The Morgan fingerprint density at radius 1 is 1.32 bits per heavy atom. The van der Waals surface area contributed by atoms with Crippen LogP contribution in [0.25, 0.3) is 0 Å². The fourth-order valence-corrected chi connectivity index (χ4v) is 2.05. The highest BCUT2D eigenvalue weighted by atomic mass is 79.9. The predicted octanol–water partition coefficient (Wildman–Crippen LogP) is 0.604. The highest BCUT2D eigenvalue weighted by Crippen LogP contribution is 2.10. The predicted molar refractivity (Wildman–Crippen MR) is 74.6 cm³/mol. The average molecular weight is 327 g/mol. The van der Waals surface area contributed by atoms with Crippen LogP contribution in [0.5, 0.6) is 0 Å². The van der Waals surface area contributed by atoms with Gasteiger partial charge in [-0.3, -0.25) is 9.59 Å². The Balaban J connectivity index is 1.94. The van der Waals surface area contributed by atoms with Gasteiger partial charge >= 0.3 is 11.8 Å². The minimum atomic E-state index is -0.642. The standard InChI is InChI=1S/C12H15BrN4O2/c13-9-2-3-10(15-8-9)16-11(18)12(19)17-6-1-4-14-5-7-17/h2-3,8,14H,1,4-7H2,(H,15,16,18). The first-order valence-corrected chi connectivity index (χ1v) is 6.88. The van der Waals surface area contributed by atoms with Crippen molar-refractivity contribution in [2.75, 3.05) is 31.5 Å². The second-order valence-electron chi connectivity index (χ2n) is 4.21. The fraction of sp³-hybridized carbons (Fsp3) is 0.417. The third-order valence-electron chi connectivity index (χ3n) is 2.79. The molecule has 6 nitrogen and oxygen atoms in total. The lowest BCUT2D eigenvalue weighted by Gasteiger charge is -2.18. The molecule has 2 amide bonds. The van der Waals surface area contributed by atoms with Crippen LogP contribution < -0.4 is 10.6 Å². The molecule has 0 bridgehead atoms. The second-order valence-corrected chi connectivity index (χ2v) is 5.13. The zero-order chi connectivity index (χ0) is 13.7. The van der Waals surface area contributed by atoms with E-state index in [1.54, 1.807) is 23.2 Å². The maximum absolute atomic E-state index is 12.0. The van der Waals surface area contributed by atoms with E-state index in [1.807, 2.05) is 0 Å². The molecule has 1 aromatic heterocycles. The van der Waals surface area contributed by atoms with Gasteiger partial charge < -0.3 is 15.5 Å². The summed E-state index contributed by atoms with van der Waals surface area (Å²) in [6.45, 7) is 2.75. The highest BCUT2D eigenvalue weighted by molar-refractivity contribution is 9.10. The van der Waals surface area contributed by atoms with Crippen LogP contribution in [0.4, 0.5) is 5.82 Å². The molecule has 0 spiro atoms. The smallest absolute Gasteiger partial charge is 0.315 e. The van der Waals surface area contributed by atoms with Crippen LogP contribution >= 0.6 is 15.9 Å². The molecule has 0 aliphatic carbocycles. The molecule has 19 heavy (non-hydrogen) atoms. The first-order valence-electron chi connectivity index (χ1n) is 6.09. The van der Waals surface area contributed by atoms with E-state index >= 15 is 0 Å². The van der Waals surface area contributed by atoms with Gasteiger partial charge in [0.05, 0.1) is 0 Å². The largest absolute Gasteiger partial charge is 0.333 e. The van der Waals surface area contributed by atoms with E-state index in [1.165, 1.54) is 0 Å². The topological polar surface area (TPSA) is 74.3 Å². The van der Waals surface area contributed by atoms with Crippen molar-refractivity contribution in [1.29, 1.82) is 0 Å². The van der Waals surface area contributed by atoms with E-state index in [0.29, 0.717) is 18.9 Å². The molecule has 1 aromatic rings. The number of nitrogens with zero attached hydrogens (tertiary/aromatic N) is 2. The summed E-state index contributed by atoms with van der Waals surface area (Å²) in [7, 11) is 0. The maximum atomic E-state index is 12.0. The number of rotatable bonds is 1. The molecule has 1 saturated heterocycles. The normalized spacial score (nSPS) is 15.7. The number of aromatic nitrogens is 1. The Morgan fingerprint density at radius 3 is 2.89 bits per heavy atom. The van der Waals surface area contributed by atoms with Crippen LogP contribution in [0.3, 0.4) is 0 Å². The summed E-state index contributed by atoms with van der Waals surface area (Å²) in [6, 6.07) is 3.39. The van der Waals surface area contributed by atoms with Gasteiger partial charge in [-0.15, -0.1) is 0 Å². The van der Waals surface area contributed by atoms with E-state index < -0.39 is 11.8 Å². The van der Waals surface area contributed by atoms with Gasteiger partial charge in [0.1, 0.15) is 5.82 Å². The molecule has 0 aromatic carbocycles. The minimum absolute atomic E-state index is 0.370. The van der Waals surface area contributed by atoms with Crippen LogP contribution in [-0.4, -0.2) is 47.9 Å². The third-order valence-corrected chi connectivity index (χ3v) is 3.26. The number of halogens is 1. The monoisotopic (exact) mass is 326 g/mol. The summed E-state index contributed by atoms with van der Waals surface area (Å²) < 4.78 is 0.815. The Morgan fingerprint density at radius 2 is 2.16 bits per heavy atom.